The first-order valence-electron chi connectivity index (χ1n) is 14.0. The Morgan fingerprint density at radius 2 is 1.87 bits per heavy atom. The number of nitriles is 1. The maximum absolute atomic E-state index is 13.6. The van der Waals surface area contributed by atoms with Crippen LogP contribution in [0.3, 0.4) is 0 Å². The zero-order valence-electron chi connectivity index (χ0n) is 25.8. The van der Waals surface area contributed by atoms with Crippen LogP contribution in [0.15, 0.2) is 82.9 Å². The smallest absolute Gasteiger partial charge is 0.416 e. The van der Waals surface area contributed by atoms with E-state index in [-0.39, 0.29) is 22.9 Å². The number of H-pyrrole nitrogens is 1. The molecule has 0 aliphatic carbocycles. The number of pyridine rings is 1. The van der Waals surface area contributed by atoms with Gasteiger partial charge in [0.15, 0.2) is 0 Å². The molecule has 1 N–H and O–H groups in total. The number of nitrogens with one attached hydrogen (secondary N) is 1. The Labute approximate surface area is 267 Å². The molecule has 0 saturated carbocycles. The Morgan fingerprint density at radius 3 is 2.49 bits per heavy atom. The number of methoxy groups -OCH3 is 1. The fraction of sp³-hybridized carbons (Fsp3) is 0.250. The minimum atomic E-state index is -4.62. The second-order valence-electron chi connectivity index (χ2n) is 11.2. The SMILES string of the molecule is COC(=O)C1=C(C)N(c2cccc(C(F)(F)F)c2)c2n[nH]c(=O)n2[C@@H]1c1ccc(C#N)cc1C[N+](C)(C)Cc1ccccn1.O=C[O-]. The summed E-state index contributed by atoms with van der Waals surface area (Å²) in [6.07, 6.45) is -2.92. The molecular weight excluding hydrogens is 619 g/mol. The van der Waals surface area contributed by atoms with Crippen LogP contribution in [-0.2, 0) is 33.6 Å². The van der Waals surface area contributed by atoms with E-state index in [0.29, 0.717) is 34.3 Å². The minimum Gasteiger partial charge on any atom is -0.554 e. The largest absolute Gasteiger partial charge is 0.554 e. The molecule has 5 rings (SSSR count). The summed E-state index contributed by atoms with van der Waals surface area (Å²) in [5.74, 6) is -0.789. The van der Waals surface area contributed by atoms with Crippen molar-refractivity contribution in [3.05, 3.63) is 117 Å². The van der Waals surface area contributed by atoms with Gasteiger partial charge in [0.2, 0.25) is 5.95 Å². The number of quaternary nitrogens is 1. The molecule has 2 aromatic heterocycles. The van der Waals surface area contributed by atoms with E-state index < -0.39 is 35.9 Å². The van der Waals surface area contributed by atoms with Gasteiger partial charge in [-0.2, -0.15) is 18.4 Å². The van der Waals surface area contributed by atoms with Crippen LogP contribution in [0.4, 0.5) is 24.8 Å². The van der Waals surface area contributed by atoms with E-state index in [9.17, 15) is 28.0 Å². The second kappa shape index (κ2) is 13.7. The van der Waals surface area contributed by atoms with Gasteiger partial charge < -0.3 is 19.1 Å². The number of nitrogens with zero attached hydrogens (tertiary/aromatic N) is 6. The van der Waals surface area contributed by atoms with Gasteiger partial charge in [-0.3, -0.25) is 9.88 Å². The molecule has 12 nitrogen and oxygen atoms in total. The molecule has 1 aliphatic rings. The van der Waals surface area contributed by atoms with E-state index in [1.807, 2.05) is 32.3 Å². The number of ether oxygens (including phenoxy) is 1. The van der Waals surface area contributed by atoms with Crippen molar-refractivity contribution >= 4 is 24.1 Å². The number of anilines is 2. The Kier molecular flexibility index (Phi) is 9.96. The van der Waals surface area contributed by atoms with Gasteiger partial charge in [0, 0.05) is 29.6 Å². The number of halogens is 3. The van der Waals surface area contributed by atoms with Crippen LogP contribution >= 0.6 is 0 Å². The Morgan fingerprint density at radius 1 is 1.15 bits per heavy atom. The molecule has 15 heteroatoms. The monoisotopic (exact) mass is 649 g/mol. The molecule has 0 radical (unpaired) electrons. The number of aromatic nitrogens is 4. The number of carbonyl (C=O) groups is 2. The number of hydrogen-bond acceptors (Lipinski definition) is 9. The highest BCUT2D eigenvalue weighted by Gasteiger charge is 2.41. The molecule has 4 aromatic rings. The summed E-state index contributed by atoms with van der Waals surface area (Å²) in [7, 11) is 5.17. The number of aromatic amines is 1. The van der Waals surface area contributed by atoms with Crippen molar-refractivity contribution in [1.82, 2.24) is 19.7 Å². The van der Waals surface area contributed by atoms with Crippen molar-refractivity contribution in [2.45, 2.75) is 32.2 Å². The van der Waals surface area contributed by atoms with Gasteiger partial charge in [0.25, 0.3) is 0 Å². The van der Waals surface area contributed by atoms with Crippen molar-refractivity contribution in [3.63, 3.8) is 0 Å². The van der Waals surface area contributed by atoms with Gasteiger partial charge in [-0.1, -0.05) is 18.2 Å². The first-order chi connectivity index (χ1) is 22.3. The summed E-state index contributed by atoms with van der Waals surface area (Å²) in [4.78, 5) is 40.8. The number of carboxylic acid groups (broad SMARTS) is 1. The van der Waals surface area contributed by atoms with Gasteiger partial charge in [-0.05, 0) is 55.0 Å². The predicted octanol–water partition coefficient (Wildman–Crippen LogP) is 3.19. The second-order valence-corrected chi connectivity index (χ2v) is 11.2. The van der Waals surface area contributed by atoms with Crippen LogP contribution < -0.4 is 15.7 Å². The number of benzene rings is 2. The number of hydrogen-bond donors (Lipinski definition) is 1. The molecule has 0 saturated heterocycles. The zero-order chi connectivity index (χ0) is 34.5. The van der Waals surface area contributed by atoms with E-state index in [4.69, 9.17) is 14.6 Å². The average molecular weight is 650 g/mol. The van der Waals surface area contributed by atoms with Crippen LogP contribution in [-0.4, -0.2) is 57.9 Å². The van der Waals surface area contributed by atoms with Crippen LogP contribution in [0.1, 0.15) is 40.9 Å². The molecule has 3 heterocycles. The number of alkyl halides is 3. The van der Waals surface area contributed by atoms with Crippen molar-refractivity contribution < 1.29 is 37.1 Å². The summed E-state index contributed by atoms with van der Waals surface area (Å²) >= 11 is 0. The maximum atomic E-state index is 13.6. The fourth-order valence-electron chi connectivity index (χ4n) is 5.60. The highest BCUT2D eigenvalue weighted by Crippen LogP contribution is 2.44. The first-order valence-corrected chi connectivity index (χ1v) is 14.0. The van der Waals surface area contributed by atoms with Crippen LogP contribution in [0.5, 0.6) is 0 Å². The Bertz CT molecular complexity index is 1910. The normalized spacial score (nSPS) is 14.4. The van der Waals surface area contributed by atoms with Crippen molar-refractivity contribution in [2.75, 3.05) is 26.1 Å². The quantitative estimate of drug-likeness (QED) is 0.180. The summed E-state index contributed by atoms with van der Waals surface area (Å²) < 4.78 is 47.7. The highest BCUT2D eigenvalue weighted by atomic mass is 19.4. The van der Waals surface area contributed by atoms with E-state index in [1.165, 1.54) is 28.7 Å². The average Bonchev–Trinajstić information content (AvgIpc) is 3.40. The first kappa shape index (κ1) is 34.1. The lowest BCUT2D eigenvalue weighted by molar-refractivity contribution is -0.917. The van der Waals surface area contributed by atoms with Gasteiger partial charge in [-0.15, -0.1) is 5.10 Å². The molecule has 1 atom stereocenters. The lowest BCUT2D eigenvalue weighted by Crippen LogP contribution is -2.40. The molecule has 0 unspecified atom stereocenters. The van der Waals surface area contributed by atoms with Crippen LogP contribution in [0.2, 0.25) is 0 Å². The lowest BCUT2D eigenvalue weighted by atomic mass is 9.89. The number of carbonyl (C=O) groups excluding carboxylic acids is 2. The molecule has 1 aliphatic heterocycles. The Hall–Kier alpha value is -5.75. The molecule has 0 bridgehead atoms. The summed E-state index contributed by atoms with van der Waals surface area (Å²) in [6, 6.07) is 16.2. The van der Waals surface area contributed by atoms with Crippen molar-refractivity contribution in [3.8, 4) is 6.07 Å². The molecule has 0 spiro atoms. The van der Waals surface area contributed by atoms with E-state index in [2.05, 4.69) is 21.3 Å². The highest BCUT2D eigenvalue weighted by molar-refractivity contribution is 5.93. The topological polar surface area (TPSA) is 157 Å². The third kappa shape index (κ3) is 7.23. The molecule has 0 amide bonds. The van der Waals surface area contributed by atoms with E-state index >= 15 is 0 Å². The summed E-state index contributed by atoms with van der Waals surface area (Å²) in [5.41, 5.74) is 1.15. The van der Waals surface area contributed by atoms with Crippen LogP contribution in [0.25, 0.3) is 0 Å². The van der Waals surface area contributed by atoms with E-state index in [1.54, 1.807) is 31.3 Å². The van der Waals surface area contributed by atoms with Gasteiger partial charge in [-0.25, -0.2) is 19.3 Å². The third-order valence-electron chi connectivity index (χ3n) is 7.46. The maximum Gasteiger partial charge on any atom is 0.416 e. The number of esters is 1. The lowest BCUT2D eigenvalue weighted by Gasteiger charge is -2.37. The number of rotatable bonds is 7. The van der Waals surface area contributed by atoms with E-state index in [0.717, 1.165) is 17.8 Å². The number of allylic oxidation sites excluding steroid dienone is 1. The molecular formula is C32H30F3N7O5. The minimum absolute atomic E-state index is 0.0120. The molecule has 2 aromatic carbocycles. The third-order valence-corrected chi connectivity index (χ3v) is 7.46. The van der Waals surface area contributed by atoms with Crippen molar-refractivity contribution in [2.24, 2.45) is 0 Å². The van der Waals surface area contributed by atoms with Gasteiger partial charge in [0.05, 0.1) is 49.7 Å². The fourth-order valence-corrected chi connectivity index (χ4v) is 5.60. The van der Waals surface area contributed by atoms with Gasteiger partial charge in [0.1, 0.15) is 19.1 Å². The Balaban J connectivity index is 0.00000160. The molecule has 244 valence electrons. The molecule has 0 fully saturated rings. The van der Waals surface area contributed by atoms with Crippen LogP contribution in [0, 0.1) is 11.3 Å². The zero-order valence-corrected chi connectivity index (χ0v) is 25.8. The molecule has 47 heavy (non-hydrogen) atoms. The standard InChI is InChI=1S/C31H28F3N7O3.CH2O2/c1-19-26(28(42)44-4)27(40-29(37-38-30(40)43)39(19)24-10-7-8-22(15-24)31(32,33)34)25-12-11-20(16-35)14-21(25)17-41(2,3)18-23-9-5-6-13-36-23;2-1-3/h5-15,27H,17-18H2,1-4H3;1H,(H,2,3)/t27-;/m1./s1. The summed E-state index contributed by atoms with van der Waals surface area (Å²) in [5, 5.41) is 24.5. The van der Waals surface area contributed by atoms with Gasteiger partial charge >= 0.3 is 17.8 Å². The number of fused-ring (bicyclic) bond motifs is 1. The predicted molar refractivity (Wildman–Crippen MR) is 160 cm³/mol. The summed E-state index contributed by atoms with van der Waals surface area (Å²) in [6.45, 7) is 1.98. The van der Waals surface area contributed by atoms with Crippen molar-refractivity contribution in [1.29, 1.82) is 5.26 Å².